The molecule has 0 radical (unpaired) electrons. The van der Waals surface area contributed by atoms with E-state index in [-0.39, 0.29) is 5.82 Å². The van der Waals surface area contributed by atoms with Crippen LogP contribution in [-0.4, -0.2) is 26.1 Å². The third-order valence-corrected chi connectivity index (χ3v) is 6.00. The lowest BCUT2D eigenvalue weighted by Crippen LogP contribution is -2.11. The number of benzene rings is 1. The van der Waals surface area contributed by atoms with Gasteiger partial charge in [-0.2, -0.15) is 10.2 Å². The lowest BCUT2D eigenvalue weighted by molar-refractivity contribution is 0.245. The number of fused-ring (bicyclic) bond motifs is 1. The second-order valence-corrected chi connectivity index (χ2v) is 8.02. The Balaban J connectivity index is 1.58. The molecule has 1 aromatic carbocycles. The van der Waals surface area contributed by atoms with E-state index in [1.54, 1.807) is 0 Å². The molecule has 0 unspecified atom stereocenters. The average Bonchev–Trinajstić information content (AvgIpc) is 3.03. The molecule has 4 rings (SSSR count). The summed E-state index contributed by atoms with van der Waals surface area (Å²) in [6.45, 7) is 4.74. The van der Waals surface area contributed by atoms with Crippen LogP contribution in [-0.2, 0) is 7.05 Å². The Morgan fingerprint density at radius 1 is 1.14 bits per heavy atom. The third-order valence-electron chi connectivity index (χ3n) is 6.00. The molecule has 0 bridgehead atoms. The Bertz CT molecular complexity index is 1070. The predicted octanol–water partition coefficient (Wildman–Crippen LogP) is 4.87. The van der Waals surface area contributed by atoms with Crippen molar-refractivity contribution in [1.82, 2.24) is 19.5 Å². The minimum atomic E-state index is 0.154. The number of hydrogen-bond donors (Lipinski definition) is 0. The van der Waals surface area contributed by atoms with Crippen molar-refractivity contribution in [1.29, 1.82) is 5.26 Å². The Labute approximate surface area is 171 Å². The van der Waals surface area contributed by atoms with Gasteiger partial charge in [-0.1, -0.05) is 32.1 Å². The average molecular weight is 390 g/mol. The molecule has 0 N–H and O–H groups in total. The van der Waals surface area contributed by atoms with E-state index in [1.807, 2.05) is 37.6 Å². The molecule has 0 saturated heterocycles. The standard InChI is InChI=1S/C23H27N5O/c1-15-13-18(9-10-19(15)29-12-11-17-7-5-4-6-8-17)21-22-23(27-20(14-24)26-21)28(3)16(2)25-22/h9-10,13,17H,4-8,11-12H2,1-3H3. The SMILES string of the molecule is Cc1cc(-c2nc(C#N)nc3c2nc(C)n3C)ccc1OCCC1CCCCC1. The van der Waals surface area contributed by atoms with Crippen LogP contribution in [0.5, 0.6) is 5.75 Å². The maximum Gasteiger partial charge on any atom is 0.234 e. The van der Waals surface area contributed by atoms with Crippen molar-refractivity contribution >= 4 is 11.2 Å². The quantitative estimate of drug-likeness (QED) is 0.622. The number of nitrogens with zero attached hydrogens (tertiary/aromatic N) is 5. The summed E-state index contributed by atoms with van der Waals surface area (Å²) in [7, 11) is 1.90. The van der Waals surface area contributed by atoms with Crippen molar-refractivity contribution in [3.05, 3.63) is 35.4 Å². The molecule has 0 amide bonds. The Morgan fingerprint density at radius 3 is 2.66 bits per heavy atom. The van der Waals surface area contributed by atoms with Gasteiger partial charge in [-0.25, -0.2) is 9.97 Å². The van der Waals surface area contributed by atoms with Gasteiger partial charge in [-0.15, -0.1) is 0 Å². The first-order valence-corrected chi connectivity index (χ1v) is 10.4. The fraction of sp³-hybridized carbons (Fsp3) is 0.478. The first kappa shape index (κ1) is 19.4. The fourth-order valence-electron chi connectivity index (χ4n) is 4.19. The molecule has 0 spiro atoms. The van der Waals surface area contributed by atoms with E-state index in [2.05, 4.69) is 27.1 Å². The van der Waals surface area contributed by atoms with Crippen LogP contribution in [0.25, 0.3) is 22.4 Å². The summed E-state index contributed by atoms with van der Waals surface area (Å²) in [5.41, 5.74) is 4.06. The number of aromatic nitrogens is 4. The largest absolute Gasteiger partial charge is 0.493 e. The third kappa shape index (κ3) is 3.95. The molecule has 1 aliphatic carbocycles. The van der Waals surface area contributed by atoms with Crippen LogP contribution in [0.3, 0.4) is 0 Å². The Hall–Kier alpha value is -2.94. The molecular formula is C23H27N5O. The van der Waals surface area contributed by atoms with Gasteiger partial charge in [-0.05, 0) is 49.9 Å². The molecule has 150 valence electrons. The fourth-order valence-corrected chi connectivity index (χ4v) is 4.19. The zero-order chi connectivity index (χ0) is 20.4. The molecule has 6 nitrogen and oxygen atoms in total. The summed E-state index contributed by atoms with van der Waals surface area (Å²) >= 11 is 0. The van der Waals surface area contributed by atoms with Crippen molar-refractivity contribution in [3.8, 4) is 23.1 Å². The molecule has 0 aliphatic heterocycles. The van der Waals surface area contributed by atoms with Crippen LogP contribution >= 0.6 is 0 Å². The second kappa shape index (κ2) is 8.20. The number of aryl methyl sites for hydroxylation is 3. The normalized spacial score (nSPS) is 14.8. The molecule has 29 heavy (non-hydrogen) atoms. The van der Waals surface area contributed by atoms with Gasteiger partial charge >= 0.3 is 0 Å². The first-order chi connectivity index (χ1) is 14.1. The number of ether oxygens (including phenoxy) is 1. The smallest absolute Gasteiger partial charge is 0.234 e. The zero-order valence-electron chi connectivity index (χ0n) is 17.4. The maximum atomic E-state index is 9.34. The summed E-state index contributed by atoms with van der Waals surface area (Å²) in [5, 5.41) is 9.34. The maximum absolute atomic E-state index is 9.34. The van der Waals surface area contributed by atoms with E-state index in [1.165, 1.54) is 32.1 Å². The van der Waals surface area contributed by atoms with Gasteiger partial charge in [0.15, 0.2) is 5.65 Å². The first-order valence-electron chi connectivity index (χ1n) is 10.4. The molecule has 1 saturated carbocycles. The summed E-state index contributed by atoms with van der Waals surface area (Å²) in [6, 6.07) is 8.12. The van der Waals surface area contributed by atoms with Crippen molar-refractivity contribution in [2.45, 2.75) is 52.4 Å². The molecule has 2 heterocycles. The van der Waals surface area contributed by atoms with Gasteiger partial charge in [0.25, 0.3) is 0 Å². The highest BCUT2D eigenvalue weighted by Gasteiger charge is 2.17. The van der Waals surface area contributed by atoms with Gasteiger partial charge in [0.2, 0.25) is 5.82 Å². The van der Waals surface area contributed by atoms with E-state index in [0.717, 1.165) is 47.2 Å². The van der Waals surface area contributed by atoms with E-state index in [9.17, 15) is 5.26 Å². The molecule has 1 fully saturated rings. The molecule has 0 atom stereocenters. The molecular weight excluding hydrogens is 362 g/mol. The van der Waals surface area contributed by atoms with Crippen LogP contribution in [0.2, 0.25) is 0 Å². The monoisotopic (exact) mass is 389 g/mol. The minimum absolute atomic E-state index is 0.154. The van der Waals surface area contributed by atoms with Crippen molar-refractivity contribution in [2.75, 3.05) is 6.61 Å². The Kier molecular flexibility index (Phi) is 5.48. The number of rotatable bonds is 5. The number of imidazole rings is 1. The van der Waals surface area contributed by atoms with Gasteiger partial charge in [-0.3, -0.25) is 0 Å². The highest BCUT2D eigenvalue weighted by atomic mass is 16.5. The molecule has 1 aliphatic rings. The summed E-state index contributed by atoms with van der Waals surface area (Å²) in [5.74, 6) is 2.72. The summed E-state index contributed by atoms with van der Waals surface area (Å²) in [6.07, 6.45) is 7.93. The molecule has 6 heteroatoms. The topological polar surface area (TPSA) is 76.6 Å². The van der Waals surface area contributed by atoms with Crippen LogP contribution in [0.15, 0.2) is 18.2 Å². The molecule has 2 aromatic heterocycles. The number of hydrogen-bond acceptors (Lipinski definition) is 5. The summed E-state index contributed by atoms with van der Waals surface area (Å²) in [4.78, 5) is 13.4. The highest BCUT2D eigenvalue weighted by molar-refractivity contribution is 5.88. The van der Waals surface area contributed by atoms with E-state index < -0.39 is 0 Å². The van der Waals surface area contributed by atoms with Crippen LogP contribution in [0.4, 0.5) is 0 Å². The molecule has 3 aromatic rings. The zero-order valence-corrected chi connectivity index (χ0v) is 17.4. The van der Waals surface area contributed by atoms with Gasteiger partial charge in [0.05, 0.1) is 6.61 Å². The van der Waals surface area contributed by atoms with E-state index >= 15 is 0 Å². The van der Waals surface area contributed by atoms with Gasteiger partial charge in [0, 0.05) is 12.6 Å². The van der Waals surface area contributed by atoms with Crippen molar-refractivity contribution in [3.63, 3.8) is 0 Å². The van der Waals surface area contributed by atoms with Crippen LogP contribution < -0.4 is 4.74 Å². The van der Waals surface area contributed by atoms with Crippen molar-refractivity contribution in [2.24, 2.45) is 13.0 Å². The lowest BCUT2D eigenvalue weighted by atomic mass is 9.87. The van der Waals surface area contributed by atoms with Gasteiger partial charge in [0.1, 0.15) is 28.9 Å². The van der Waals surface area contributed by atoms with E-state index in [4.69, 9.17) is 4.74 Å². The number of nitriles is 1. The second-order valence-electron chi connectivity index (χ2n) is 8.02. The lowest BCUT2D eigenvalue weighted by Gasteiger charge is -2.21. The van der Waals surface area contributed by atoms with Crippen LogP contribution in [0.1, 0.15) is 55.7 Å². The highest BCUT2D eigenvalue weighted by Crippen LogP contribution is 2.31. The predicted molar refractivity (Wildman–Crippen MR) is 113 cm³/mol. The van der Waals surface area contributed by atoms with Gasteiger partial charge < -0.3 is 9.30 Å². The Morgan fingerprint density at radius 2 is 1.93 bits per heavy atom. The van der Waals surface area contributed by atoms with Crippen LogP contribution in [0, 0.1) is 31.1 Å². The van der Waals surface area contributed by atoms with Crippen molar-refractivity contribution < 1.29 is 4.74 Å². The minimum Gasteiger partial charge on any atom is -0.493 e. The summed E-state index contributed by atoms with van der Waals surface area (Å²) < 4.78 is 7.97. The van der Waals surface area contributed by atoms with E-state index in [0.29, 0.717) is 11.3 Å².